The Morgan fingerprint density at radius 2 is 2.33 bits per heavy atom. The van der Waals surface area contributed by atoms with E-state index in [1.807, 2.05) is 30.9 Å². The lowest BCUT2D eigenvalue weighted by Gasteiger charge is -2.29. The summed E-state index contributed by atoms with van der Waals surface area (Å²) in [4.78, 5) is 0. The van der Waals surface area contributed by atoms with E-state index in [9.17, 15) is 4.39 Å². The van der Waals surface area contributed by atoms with Crippen LogP contribution in [-0.2, 0) is 6.42 Å². The molecule has 1 aliphatic heterocycles. The maximum atomic E-state index is 13.9. The summed E-state index contributed by atoms with van der Waals surface area (Å²) >= 11 is 7.83. The Kier molecular flexibility index (Phi) is 5.34. The zero-order valence-electron chi connectivity index (χ0n) is 10.6. The van der Waals surface area contributed by atoms with Crippen molar-refractivity contribution in [3.05, 3.63) is 34.6 Å². The molecule has 0 bridgehead atoms. The summed E-state index contributed by atoms with van der Waals surface area (Å²) in [6.07, 6.45) is 4.52. The summed E-state index contributed by atoms with van der Waals surface area (Å²) < 4.78 is 13.9. The molecule has 1 aromatic rings. The third kappa shape index (κ3) is 3.40. The zero-order valence-corrected chi connectivity index (χ0v) is 12.2. The maximum absolute atomic E-state index is 13.9. The van der Waals surface area contributed by atoms with Gasteiger partial charge in [0.25, 0.3) is 0 Å². The quantitative estimate of drug-likeness (QED) is 0.901. The van der Waals surface area contributed by atoms with E-state index >= 15 is 0 Å². The fraction of sp³-hybridized carbons (Fsp3) is 0.571. The first kappa shape index (κ1) is 14.2. The van der Waals surface area contributed by atoms with Crippen molar-refractivity contribution in [2.75, 3.05) is 12.8 Å². The van der Waals surface area contributed by atoms with E-state index < -0.39 is 0 Å². The molecule has 1 aromatic carbocycles. The fourth-order valence-corrected chi connectivity index (χ4v) is 4.11. The Bertz CT molecular complexity index is 393. The van der Waals surface area contributed by atoms with Crippen molar-refractivity contribution in [1.29, 1.82) is 0 Å². The van der Waals surface area contributed by atoms with Gasteiger partial charge in [-0.15, -0.1) is 0 Å². The van der Waals surface area contributed by atoms with Gasteiger partial charge in [0.1, 0.15) is 5.82 Å². The minimum absolute atomic E-state index is 0.221. The van der Waals surface area contributed by atoms with Crippen molar-refractivity contribution in [3.63, 3.8) is 0 Å². The highest BCUT2D eigenvalue weighted by Gasteiger charge is 2.24. The molecule has 0 radical (unpaired) electrons. The first-order chi connectivity index (χ1) is 8.72. The van der Waals surface area contributed by atoms with Crippen molar-refractivity contribution in [3.8, 4) is 0 Å². The van der Waals surface area contributed by atoms with Gasteiger partial charge in [-0.3, -0.25) is 0 Å². The number of benzene rings is 1. The third-order valence-electron chi connectivity index (χ3n) is 3.51. The first-order valence-electron chi connectivity index (χ1n) is 6.44. The number of hydrogen-bond acceptors (Lipinski definition) is 2. The molecule has 0 saturated carbocycles. The van der Waals surface area contributed by atoms with Crippen LogP contribution in [-0.4, -0.2) is 24.1 Å². The molecule has 1 nitrogen and oxygen atoms in total. The van der Waals surface area contributed by atoms with Crippen LogP contribution in [0.3, 0.4) is 0 Å². The molecule has 1 heterocycles. The van der Waals surface area contributed by atoms with E-state index in [4.69, 9.17) is 11.6 Å². The van der Waals surface area contributed by atoms with Crippen LogP contribution in [0.25, 0.3) is 0 Å². The van der Waals surface area contributed by atoms with E-state index in [-0.39, 0.29) is 10.8 Å². The van der Waals surface area contributed by atoms with E-state index in [2.05, 4.69) is 5.32 Å². The Hall–Kier alpha value is -0.250. The van der Waals surface area contributed by atoms with Gasteiger partial charge in [0.2, 0.25) is 0 Å². The summed E-state index contributed by atoms with van der Waals surface area (Å²) in [5.74, 6) is 0.959. The van der Waals surface area contributed by atoms with Gasteiger partial charge in [0, 0.05) is 11.3 Å². The molecule has 2 atom stereocenters. The standard InChI is InChI=1S/C14H19ClFNS/c1-17-12(13-7-2-3-8-18-13)9-10-5-4-6-11(15)14(10)16/h4-6,12-13,17H,2-3,7-9H2,1H3. The lowest BCUT2D eigenvalue weighted by Crippen LogP contribution is -2.39. The Labute approximate surface area is 117 Å². The van der Waals surface area contributed by atoms with Crippen molar-refractivity contribution in [1.82, 2.24) is 5.32 Å². The Morgan fingerprint density at radius 1 is 1.50 bits per heavy atom. The Morgan fingerprint density at radius 3 is 3.00 bits per heavy atom. The van der Waals surface area contributed by atoms with Crippen molar-refractivity contribution >= 4 is 23.4 Å². The summed E-state index contributed by atoms with van der Waals surface area (Å²) in [5.41, 5.74) is 0.716. The maximum Gasteiger partial charge on any atom is 0.145 e. The molecule has 0 aromatic heterocycles. The van der Waals surface area contributed by atoms with Gasteiger partial charge in [0.15, 0.2) is 0 Å². The van der Waals surface area contributed by atoms with E-state index in [0.717, 1.165) is 0 Å². The molecule has 18 heavy (non-hydrogen) atoms. The number of thioether (sulfide) groups is 1. The predicted molar refractivity (Wildman–Crippen MR) is 78.1 cm³/mol. The molecule has 0 spiro atoms. The highest BCUT2D eigenvalue weighted by atomic mass is 35.5. The molecular weight excluding hydrogens is 269 g/mol. The first-order valence-corrected chi connectivity index (χ1v) is 7.87. The van der Waals surface area contributed by atoms with Crippen LogP contribution in [0.2, 0.25) is 5.02 Å². The van der Waals surface area contributed by atoms with Crippen molar-refractivity contribution in [2.24, 2.45) is 0 Å². The number of likely N-dealkylation sites (N-methyl/N-ethyl adjacent to an activating group) is 1. The molecule has 100 valence electrons. The number of hydrogen-bond donors (Lipinski definition) is 1. The minimum atomic E-state index is -0.264. The average Bonchev–Trinajstić information content (AvgIpc) is 2.41. The summed E-state index contributed by atoms with van der Waals surface area (Å²) in [6, 6.07) is 5.58. The lowest BCUT2D eigenvalue weighted by atomic mass is 9.99. The van der Waals surface area contributed by atoms with Gasteiger partial charge >= 0.3 is 0 Å². The highest BCUT2D eigenvalue weighted by molar-refractivity contribution is 8.00. The van der Waals surface area contributed by atoms with Crippen molar-refractivity contribution < 1.29 is 4.39 Å². The second-order valence-corrected chi connectivity index (χ2v) is 6.47. The molecule has 1 N–H and O–H groups in total. The second kappa shape index (κ2) is 6.78. The topological polar surface area (TPSA) is 12.0 Å². The summed E-state index contributed by atoms with van der Waals surface area (Å²) in [7, 11) is 1.96. The third-order valence-corrected chi connectivity index (χ3v) is 5.31. The average molecular weight is 288 g/mol. The monoisotopic (exact) mass is 287 g/mol. The summed E-state index contributed by atoms with van der Waals surface area (Å²) in [5, 5.41) is 4.14. The van der Waals surface area contributed by atoms with E-state index in [1.165, 1.54) is 25.0 Å². The van der Waals surface area contributed by atoms with Crippen LogP contribution in [0.4, 0.5) is 4.39 Å². The molecule has 4 heteroatoms. The van der Waals surface area contributed by atoms with Gasteiger partial charge < -0.3 is 5.32 Å². The number of nitrogens with one attached hydrogen (secondary N) is 1. The SMILES string of the molecule is CNC(Cc1cccc(Cl)c1F)C1CCCCS1. The van der Waals surface area contributed by atoms with Crippen LogP contribution in [0.5, 0.6) is 0 Å². The van der Waals surface area contributed by atoms with Crippen LogP contribution < -0.4 is 5.32 Å². The fourth-order valence-electron chi connectivity index (χ4n) is 2.45. The highest BCUT2D eigenvalue weighted by Crippen LogP contribution is 2.29. The molecule has 1 saturated heterocycles. The number of halogens is 2. The lowest BCUT2D eigenvalue weighted by molar-refractivity contribution is 0.484. The molecule has 1 aliphatic rings. The molecule has 1 fully saturated rings. The van der Waals surface area contributed by atoms with Crippen LogP contribution >= 0.6 is 23.4 Å². The second-order valence-electron chi connectivity index (χ2n) is 4.72. The molecular formula is C14H19ClFNS. The zero-order chi connectivity index (χ0) is 13.0. The Balaban J connectivity index is 2.07. The molecule has 2 rings (SSSR count). The largest absolute Gasteiger partial charge is 0.316 e. The predicted octanol–water partition coefficient (Wildman–Crippen LogP) is 3.90. The van der Waals surface area contributed by atoms with E-state index in [0.29, 0.717) is 23.3 Å². The van der Waals surface area contributed by atoms with Crippen molar-refractivity contribution in [2.45, 2.75) is 37.0 Å². The normalized spacial score (nSPS) is 21.8. The van der Waals surface area contributed by atoms with Gasteiger partial charge in [-0.25, -0.2) is 4.39 Å². The molecule has 0 amide bonds. The van der Waals surface area contributed by atoms with E-state index in [1.54, 1.807) is 6.07 Å². The minimum Gasteiger partial charge on any atom is -0.316 e. The molecule has 0 aliphatic carbocycles. The molecule has 2 unspecified atom stereocenters. The summed E-state index contributed by atoms with van der Waals surface area (Å²) in [6.45, 7) is 0. The van der Waals surface area contributed by atoms with Crippen LogP contribution in [0.15, 0.2) is 18.2 Å². The smallest absolute Gasteiger partial charge is 0.145 e. The van der Waals surface area contributed by atoms with Crippen LogP contribution in [0, 0.1) is 5.82 Å². The van der Waals surface area contributed by atoms with Gasteiger partial charge in [-0.1, -0.05) is 30.2 Å². The van der Waals surface area contributed by atoms with Crippen LogP contribution in [0.1, 0.15) is 24.8 Å². The number of rotatable bonds is 4. The van der Waals surface area contributed by atoms with Gasteiger partial charge in [0.05, 0.1) is 5.02 Å². The van der Waals surface area contributed by atoms with Gasteiger partial charge in [-0.05, 0) is 43.7 Å². The van der Waals surface area contributed by atoms with Gasteiger partial charge in [-0.2, -0.15) is 11.8 Å².